The molecule has 148 valence electrons. The molecule has 1 aromatic carbocycles. The van der Waals surface area contributed by atoms with Crippen molar-refractivity contribution in [2.24, 2.45) is 29.1 Å². The number of rotatable bonds is 2. The molecule has 0 unspecified atom stereocenters. The van der Waals surface area contributed by atoms with Crippen molar-refractivity contribution in [1.29, 1.82) is 0 Å². The number of hydrogen-bond donors (Lipinski definition) is 0. The predicted octanol–water partition coefficient (Wildman–Crippen LogP) is 5.35. The maximum Gasteiger partial charge on any atom is 0.338 e. The van der Waals surface area contributed by atoms with E-state index in [0.717, 1.165) is 43.9 Å². The zero-order chi connectivity index (χ0) is 19.3. The van der Waals surface area contributed by atoms with Gasteiger partial charge in [-0.25, -0.2) is 4.79 Å². The van der Waals surface area contributed by atoms with E-state index in [4.69, 9.17) is 4.74 Å². The van der Waals surface area contributed by atoms with Crippen LogP contribution in [-0.2, 0) is 9.53 Å². The molecule has 0 aliphatic heterocycles. The lowest BCUT2D eigenvalue weighted by Crippen LogP contribution is -2.48. The lowest BCUT2D eigenvalue weighted by atomic mass is 9.52. The summed E-state index contributed by atoms with van der Waals surface area (Å²) < 4.78 is 6.08. The summed E-state index contributed by atoms with van der Waals surface area (Å²) in [6.45, 7) is 2.37. The minimum Gasteiger partial charge on any atom is -0.458 e. The van der Waals surface area contributed by atoms with Crippen LogP contribution in [-0.4, -0.2) is 17.9 Å². The van der Waals surface area contributed by atoms with Crippen LogP contribution in [0, 0.1) is 29.1 Å². The first-order valence-electron chi connectivity index (χ1n) is 11.1. The molecular weight excluding hydrogens is 348 g/mol. The molecule has 0 amide bonds. The minimum absolute atomic E-state index is 0.0380. The van der Waals surface area contributed by atoms with Gasteiger partial charge in [0.2, 0.25) is 0 Å². The summed E-state index contributed by atoms with van der Waals surface area (Å²) in [6, 6.07) is 9.39. The molecule has 0 saturated heterocycles. The van der Waals surface area contributed by atoms with E-state index >= 15 is 0 Å². The van der Waals surface area contributed by atoms with Crippen LogP contribution in [0.2, 0.25) is 0 Å². The Hall–Kier alpha value is -1.90. The molecule has 3 saturated carbocycles. The van der Waals surface area contributed by atoms with Crippen LogP contribution in [0.15, 0.2) is 42.0 Å². The zero-order valence-corrected chi connectivity index (χ0v) is 16.7. The fraction of sp³-hybridized carbons (Fsp3) is 0.600. The molecule has 1 aromatic rings. The van der Waals surface area contributed by atoms with Gasteiger partial charge in [0.25, 0.3) is 0 Å². The van der Waals surface area contributed by atoms with E-state index in [9.17, 15) is 9.59 Å². The molecule has 3 nitrogen and oxygen atoms in total. The Kier molecular flexibility index (Phi) is 4.45. The smallest absolute Gasteiger partial charge is 0.338 e. The molecule has 0 radical (unpaired) electrons. The van der Waals surface area contributed by atoms with Crippen LogP contribution >= 0.6 is 0 Å². The number of carbonyl (C=O) groups excluding carboxylic acids is 2. The first-order valence-corrected chi connectivity index (χ1v) is 11.1. The maximum absolute atomic E-state index is 12.7. The fourth-order valence-corrected chi connectivity index (χ4v) is 7.10. The third-order valence-electron chi connectivity index (χ3n) is 8.47. The normalized spacial score (nSPS) is 39.4. The Morgan fingerprint density at radius 3 is 2.64 bits per heavy atom. The average molecular weight is 379 g/mol. The third kappa shape index (κ3) is 2.86. The lowest BCUT2D eigenvalue weighted by Gasteiger charge is -2.53. The number of fused-ring (bicyclic) bond motifs is 5. The van der Waals surface area contributed by atoms with Gasteiger partial charge < -0.3 is 4.74 Å². The highest BCUT2D eigenvalue weighted by Crippen LogP contribution is 2.62. The first-order chi connectivity index (χ1) is 13.6. The molecule has 0 heterocycles. The number of carbonyl (C=O) groups is 2. The molecule has 0 spiro atoms. The highest BCUT2D eigenvalue weighted by Gasteiger charge is 2.57. The van der Waals surface area contributed by atoms with Crippen molar-refractivity contribution >= 4 is 11.8 Å². The van der Waals surface area contributed by atoms with Gasteiger partial charge in [-0.1, -0.05) is 30.7 Å². The van der Waals surface area contributed by atoms with Crippen molar-refractivity contribution in [3.63, 3.8) is 0 Å². The second kappa shape index (κ2) is 6.86. The molecule has 0 N–H and O–H groups in total. The highest BCUT2D eigenvalue weighted by molar-refractivity contribution is 5.91. The van der Waals surface area contributed by atoms with Crippen LogP contribution in [0.25, 0.3) is 0 Å². The Bertz CT molecular complexity index is 810. The zero-order valence-electron chi connectivity index (χ0n) is 16.7. The summed E-state index contributed by atoms with van der Waals surface area (Å²) in [5.74, 6) is 2.91. The van der Waals surface area contributed by atoms with Crippen molar-refractivity contribution in [2.45, 2.75) is 64.4 Å². The molecular formula is C25H30O3. The van der Waals surface area contributed by atoms with Crippen LogP contribution in [0.5, 0.6) is 0 Å². The van der Waals surface area contributed by atoms with E-state index in [1.807, 2.05) is 36.4 Å². The number of ketones is 1. The van der Waals surface area contributed by atoms with Crippen molar-refractivity contribution in [3.05, 3.63) is 47.5 Å². The van der Waals surface area contributed by atoms with E-state index in [1.165, 1.54) is 24.8 Å². The second-order valence-electron chi connectivity index (χ2n) is 9.69. The monoisotopic (exact) mass is 378 g/mol. The average Bonchev–Trinajstić information content (AvgIpc) is 3.04. The summed E-state index contributed by atoms with van der Waals surface area (Å²) in [4.78, 5) is 24.5. The molecule has 3 heteroatoms. The Morgan fingerprint density at radius 2 is 1.82 bits per heavy atom. The van der Waals surface area contributed by atoms with Crippen molar-refractivity contribution in [2.75, 3.05) is 0 Å². The summed E-state index contributed by atoms with van der Waals surface area (Å²) in [5.41, 5.74) is 2.20. The molecule has 4 aliphatic rings. The molecule has 3 fully saturated rings. The standard InChI is InChI=1S/C25H30O3/c1-25-14-13-20-19-10-8-18(26)15-17(19)7-9-21(20)22(25)11-12-23(25)28-24(27)16-5-3-2-4-6-16/h2-6,15,19-23H,7-14H2,1H3/t19-,20+,21+,22-,23-,25-/m0/s1. The lowest BCUT2D eigenvalue weighted by molar-refractivity contribution is -0.116. The number of hydrogen-bond acceptors (Lipinski definition) is 3. The molecule has 28 heavy (non-hydrogen) atoms. The fourth-order valence-electron chi connectivity index (χ4n) is 7.10. The van der Waals surface area contributed by atoms with Crippen molar-refractivity contribution < 1.29 is 14.3 Å². The van der Waals surface area contributed by atoms with Crippen LogP contribution < -0.4 is 0 Å². The van der Waals surface area contributed by atoms with Crippen LogP contribution in [0.1, 0.15) is 68.6 Å². The summed E-state index contributed by atoms with van der Waals surface area (Å²) >= 11 is 0. The molecule has 5 rings (SSSR count). The number of esters is 1. The summed E-state index contributed by atoms with van der Waals surface area (Å²) in [6.07, 6.45) is 10.6. The second-order valence-corrected chi connectivity index (χ2v) is 9.69. The van der Waals surface area contributed by atoms with Gasteiger partial charge in [-0.05, 0) is 86.8 Å². The minimum atomic E-state index is -0.172. The van der Waals surface area contributed by atoms with Crippen LogP contribution in [0.3, 0.4) is 0 Å². The van der Waals surface area contributed by atoms with E-state index in [-0.39, 0.29) is 17.5 Å². The van der Waals surface area contributed by atoms with Gasteiger partial charge >= 0.3 is 5.97 Å². The van der Waals surface area contributed by atoms with E-state index in [0.29, 0.717) is 23.2 Å². The topological polar surface area (TPSA) is 43.4 Å². The third-order valence-corrected chi connectivity index (χ3v) is 8.47. The molecule has 0 aromatic heterocycles. The van der Waals surface area contributed by atoms with Gasteiger partial charge in [0.1, 0.15) is 6.10 Å². The number of allylic oxidation sites excluding steroid dienone is 1. The van der Waals surface area contributed by atoms with Gasteiger partial charge in [-0.15, -0.1) is 0 Å². The van der Waals surface area contributed by atoms with E-state index in [1.54, 1.807) is 0 Å². The Morgan fingerprint density at radius 1 is 1.00 bits per heavy atom. The number of benzene rings is 1. The van der Waals surface area contributed by atoms with Crippen molar-refractivity contribution in [1.82, 2.24) is 0 Å². The highest BCUT2D eigenvalue weighted by atomic mass is 16.5. The SMILES string of the molecule is C[C@]12CC[C@H]3[C@@H](CCC4=CC(=O)CC[C@@H]43)[C@@H]1CC[C@@H]2OC(=O)c1ccccc1. The van der Waals surface area contributed by atoms with Gasteiger partial charge in [0.05, 0.1) is 5.56 Å². The Labute approximate surface area is 167 Å². The quantitative estimate of drug-likeness (QED) is 0.651. The van der Waals surface area contributed by atoms with Gasteiger partial charge in [0, 0.05) is 11.8 Å². The van der Waals surface area contributed by atoms with Crippen molar-refractivity contribution in [3.8, 4) is 0 Å². The van der Waals surface area contributed by atoms with Gasteiger partial charge in [-0.2, -0.15) is 0 Å². The largest absolute Gasteiger partial charge is 0.458 e. The summed E-state index contributed by atoms with van der Waals surface area (Å²) in [7, 11) is 0. The maximum atomic E-state index is 12.7. The Balaban J connectivity index is 1.34. The summed E-state index contributed by atoms with van der Waals surface area (Å²) in [5, 5.41) is 0. The van der Waals surface area contributed by atoms with E-state index in [2.05, 4.69) is 6.92 Å². The molecule has 4 aliphatic carbocycles. The first kappa shape index (κ1) is 18.1. The predicted molar refractivity (Wildman–Crippen MR) is 108 cm³/mol. The van der Waals surface area contributed by atoms with Gasteiger partial charge in [-0.3, -0.25) is 4.79 Å². The number of ether oxygens (including phenoxy) is 1. The van der Waals surface area contributed by atoms with E-state index < -0.39 is 0 Å². The molecule has 0 bridgehead atoms. The van der Waals surface area contributed by atoms with Gasteiger partial charge in [0.15, 0.2) is 5.78 Å². The van der Waals surface area contributed by atoms with Crippen LogP contribution in [0.4, 0.5) is 0 Å². The molecule has 6 atom stereocenters.